The maximum absolute atomic E-state index is 13.1. The molecule has 0 bridgehead atoms. The number of benzene rings is 2. The summed E-state index contributed by atoms with van der Waals surface area (Å²) in [6, 6.07) is 10.5. The summed E-state index contributed by atoms with van der Waals surface area (Å²) in [5.41, 5.74) is 0.918. The van der Waals surface area contributed by atoms with Crippen molar-refractivity contribution in [2.75, 3.05) is 17.3 Å². The van der Waals surface area contributed by atoms with E-state index in [9.17, 15) is 31.1 Å². The summed E-state index contributed by atoms with van der Waals surface area (Å²) in [6.07, 6.45) is -9.07. The third kappa shape index (κ3) is 5.93. The smallest absolute Gasteiger partial charge is 0.284 e. The number of hydrogen-bond donors (Lipinski definition) is 0. The Morgan fingerprint density at radius 1 is 1.03 bits per heavy atom. The monoisotopic (exact) mass is 461 g/mol. The summed E-state index contributed by atoms with van der Waals surface area (Å²) < 4.78 is 76.4. The summed E-state index contributed by atoms with van der Waals surface area (Å²) in [4.78, 5) is 19.1. The second-order valence-corrected chi connectivity index (χ2v) is 7.73. The molecule has 0 radical (unpaired) electrons. The van der Waals surface area contributed by atoms with Gasteiger partial charge in [0.1, 0.15) is 6.54 Å². The Labute approximate surface area is 178 Å². The van der Waals surface area contributed by atoms with Crippen molar-refractivity contribution in [3.8, 4) is 0 Å². The van der Waals surface area contributed by atoms with E-state index >= 15 is 0 Å². The summed E-state index contributed by atoms with van der Waals surface area (Å²) in [5, 5.41) is -0.133. The first-order valence-corrected chi connectivity index (χ1v) is 9.98. The quantitative estimate of drug-likeness (QED) is 0.519. The minimum Gasteiger partial charge on any atom is -0.284 e. The molecular weight excluding hydrogens is 444 g/mol. The van der Waals surface area contributed by atoms with E-state index in [4.69, 9.17) is 0 Å². The normalized spacial score (nSPS) is 16.9. The van der Waals surface area contributed by atoms with E-state index in [0.717, 1.165) is 34.4 Å². The predicted octanol–water partition coefficient (Wildman–Crippen LogP) is 6.07. The number of halogens is 6. The molecule has 0 aliphatic carbocycles. The van der Waals surface area contributed by atoms with Crippen molar-refractivity contribution in [3.63, 3.8) is 0 Å². The first kappa shape index (κ1) is 23.0. The van der Waals surface area contributed by atoms with Crippen molar-refractivity contribution in [3.05, 3.63) is 65.2 Å². The largest absolute Gasteiger partial charge is 0.416 e. The van der Waals surface area contributed by atoms with Gasteiger partial charge in [0.25, 0.3) is 0 Å². The summed E-state index contributed by atoms with van der Waals surface area (Å²) >= 11 is 0.952. The van der Waals surface area contributed by atoms with Gasteiger partial charge in [-0.15, -0.1) is 0 Å². The highest BCUT2D eigenvalue weighted by atomic mass is 32.2. The molecule has 0 N–H and O–H groups in total. The number of anilines is 1. The van der Waals surface area contributed by atoms with E-state index < -0.39 is 30.5 Å². The van der Waals surface area contributed by atoms with Crippen molar-refractivity contribution in [1.82, 2.24) is 4.90 Å². The van der Waals surface area contributed by atoms with Crippen LogP contribution in [0.2, 0.25) is 0 Å². The average Bonchev–Trinajstić information content (AvgIpc) is 2.67. The Kier molecular flexibility index (Phi) is 6.54. The van der Waals surface area contributed by atoms with Crippen LogP contribution in [0, 0.1) is 6.92 Å². The molecule has 1 saturated heterocycles. The molecule has 166 valence electrons. The number of amidine groups is 1. The molecule has 31 heavy (non-hydrogen) atoms. The number of carbonyl (C=O) groups is 1. The molecule has 4 nitrogen and oxygen atoms in total. The van der Waals surface area contributed by atoms with Gasteiger partial charge in [-0.1, -0.05) is 36.0 Å². The number of rotatable bonds is 4. The van der Waals surface area contributed by atoms with Crippen LogP contribution in [-0.4, -0.2) is 34.7 Å². The number of aryl methyl sites for hydroxylation is 1. The van der Waals surface area contributed by atoms with Crippen molar-refractivity contribution < 1.29 is 31.1 Å². The lowest BCUT2D eigenvalue weighted by molar-refractivity contribution is -0.137. The molecule has 1 fully saturated rings. The number of hydrogen-bond acceptors (Lipinski definition) is 3. The third-order valence-electron chi connectivity index (χ3n) is 4.34. The van der Waals surface area contributed by atoms with Crippen LogP contribution >= 0.6 is 11.8 Å². The van der Waals surface area contributed by atoms with Crippen molar-refractivity contribution in [2.45, 2.75) is 25.8 Å². The van der Waals surface area contributed by atoms with E-state index in [1.54, 1.807) is 18.2 Å². The predicted molar refractivity (Wildman–Crippen MR) is 107 cm³/mol. The van der Waals surface area contributed by atoms with Gasteiger partial charge >= 0.3 is 18.4 Å². The van der Waals surface area contributed by atoms with E-state index in [0.29, 0.717) is 11.3 Å². The molecule has 2 aromatic carbocycles. The summed E-state index contributed by atoms with van der Waals surface area (Å²) in [5.74, 6) is 0.0580. The molecular formula is C20H17F6N3OS. The molecule has 0 spiro atoms. The molecule has 11 heteroatoms. The Morgan fingerprint density at radius 3 is 2.29 bits per heavy atom. The molecule has 1 aliphatic rings. The second kappa shape index (κ2) is 8.81. The zero-order valence-corrected chi connectivity index (χ0v) is 17.0. The van der Waals surface area contributed by atoms with Crippen LogP contribution in [-0.2, 0) is 12.7 Å². The fourth-order valence-corrected chi connectivity index (χ4v) is 3.83. The zero-order chi connectivity index (χ0) is 22.8. The first-order valence-electron chi connectivity index (χ1n) is 9.00. The standard InChI is InChI=1S/C20H17F6N3OS/c1-13-3-2-4-16(9-13)29-12-31-17(27-11-19(21,22)23)28(18(29)30)10-14-5-7-15(8-6-14)20(24,25)26/h2-9H,10-12H2,1H3/b27-17+. The number of amides is 2. The topological polar surface area (TPSA) is 35.9 Å². The van der Waals surface area contributed by atoms with Gasteiger partial charge in [-0.3, -0.25) is 14.8 Å². The number of urea groups is 1. The van der Waals surface area contributed by atoms with Crippen LogP contribution in [0.25, 0.3) is 0 Å². The van der Waals surface area contributed by atoms with Crippen molar-refractivity contribution in [1.29, 1.82) is 0 Å². The number of nitrogens with zero attached hydrogens (tertiary/aromatic N) is 3. The van der Waals surface area contributed by atoms with E-state index in [-0.39, 0.29) is 17.6 Å². The first-order chi connectivity index (χ1) is 14.4. The fourth-order valence-electron chi connectivity index (χ4n) is 2.87. The van der Waals surface area contributed by atoms with E-state index in [1.165, 1.54) is 17.0 Å². The lowest BCUT2D eigenvalue weighted by Gasteiger charge is -2.36. The lowest BCUT2D eigenvalue weighted by Crippen LogP contribution is -2.50. The Hall–Kier alpha value is -2.69. The highest BCUT2D eigenvalue weighted by Crippen LogP contribution is 2.31. The average molecular weight is 461 g/mol. The Balaban J connectivity index is 1.90. The fraction of sp³-hybridized carbons (Fsp3) is 0.300. The lowest BCUT2D eigenvalue weighted by atomic mass is 10.1. The molecule has 2 amide bonds. The summed E-state index contributed by atoms with van der Waals surface area (Å²) in [6.45, 7) is 0.154. The molecule has 3 rings (SSSR count). The molecule has 0 saturated carbocycles. The van der Waals surface area contributed by atoms with Crippen LogP contribution in [0.3, 0.4) is 0 Å². The third-order valence-corrected chi connectivity index (χ3v) is 5.34. The van der Waals surface area contributed by atoms with Gasteiger partial charge < -0.3 is 0 Å². The zero-order valence-electron chi connectivity index (χ0n) is 16.2. The highest BCUT2D eigenvalue weighted by molar-refractivity contribution is 8.14. The van der Waals surface area contributed by atoms with Gasteiger partial charge in [0, 0.05) is 5.69 Å². The van der Waals surface area contributed by atoms with E-state index in [1.807, 2.05) is 13.0 Å². The van der Waals surface area contributed by atoms with E-state index in [2.05, 4.69) is 4.99 Å². The van der Waals surface area contributed by atoms with Gasteiger partial charge in [0.2, 0.25) is 0 Å². The van der Waals surface area contributed by atoms with Gasteiger partial charge in [-0.05, 0) is 42.3 Å². The maximum atomic E-state index is 13.1. The number of alkyl halides is 6. The molecule has 0 atom stereocenters. The van der Waals surface area contributed by atoms with Crippen LogP contribution in [0.5, 0.6) is 0 Å². The van der Waals surface area contributed by atoms with Gasteiger partial charge in [0.15, 0.2) is 5.17 Å². The van der Waals surface area contributed by atoms with Crippen LogP contribution in [0.15, 0.2) is 53.5 Å². The molecule has 2 aromatic rings. The van der Waals surface area contributed by atoms with Crippen LogP contribution in [0.1, 0.15) is 16.7 Å². The number of carbonyl (C=O) groups excluding carboxylic acids is 1. The van der Waals surface area contributed by atoms with Crippen molar-refractivity contribution >= 4 is 28.6 Å². The van der Waals surface area contributed by atoms with Crippen LogP contribution < -0.4 is 4.90 Å². The number of aliphatic imine (C=N–C) groups is 1. The SMILES string of the molecule is Cc1cccc(N2CS/C(=N/CC(F)(F)F)N(Cc3ccc(C(F)(F)F)cc3)C2=O)c1. The highest BCUT2D eigenvalue weighted by Gasteiger charge is 2.35. The molecule has 0 unspecified atom stereocenters. The minimum atomic E-state index is -4.55. The molecule has 1 heterocycles. The maximum Gasteiger partial charge on any atom is 0.416 e. The Morgan fingerprint density at radius 2 is 1.71 bits per heavy atom. The van der Waals surface area contributed by atoms with Gasteiger partial charge in [-0.2, -0.15) is 26.3 Å². The second-order valence-electron chi connectivity index (χ2n) is 6.82. The Bertz CT molecular complexity index is 972. The minimum absolute atomic E-state index is 0.0580. The molecule has 1 aliphatic heterocycles. The van der Waals surface area contributed by atoms with Gasteiger partial charge in [-0.25, -0.2) is 4.79 Å². The van der Waals surface area contributed by atoms with Crippen molar-refractivity contribution in [2.24, 2.45) is 4.99 Å². The van der Waals surface area contributed by atoms with Crippen LogP contribution in [0.4, 0.5) is 36.8 Å². The summed E-state index contributed by atoms with van der Waals surface area (Å²) in [7, 11) is 0. The van der Waals surface area contributed by atoms with Gasteiger partial charge in [0.05, 0.1) is 18.0 Å². The molecule has 0 aromatic heterocycles. The number of thioether (sulfide) groups is 1.